The molecule has 3 N–H and O–H groups in total. The summed E-state index contributed by atoms with van der Waals surface area (Å²) in [6, 6.07) is 0. The normalized spacial score (nSPS) is 35.2. The molecule has 1 aliphatic carbocycles. The Morgan fingerprint density at radius 3 is 2.36 bits per heavy atom. The zero-order valence-electron chi connectivity index (χ0n) is 7.29. The minimum absolute atomic E-state index is 0.248. The Hall–Kier alpha value is -0.0800. The molecule has 0 heterocycles. The molecule has 66 valence electrons. The maximum absolute atomic E-state index is 9.44. The molecule has 1 rings (SSSR count). The molecule has 1 fully saturated rings. The van der Waals surface area contributed by atoms with Gasteiger partial charge in [-0.25, -0.2) is 0 Å². The lowest BCUT2D eigenvalue weighted by Gasteiger charge is -2.29. The van der Waals surface area contributed by atoms with Gasteiger partial charge < -0.3 is 10.8 Å². The molecule has 11 heavy (non-hydrogen) atoms. The minimum Gasteiger partial charge on any atom is -0.392 e. The summed E-state index contributed by atoms with van der Waals surface area (Å²) in [6.07, 6.45) is 4.62. The van der Waals surface area contributed by atoms with Crippen LogP contribution >= 0.6 is 0 Å². The van der Waals surface area contributed by atoms with E-state index in [9.17, 15) is 5.11 Å². The van der Waals surface area contributed by atoms with Crippen LogP contribution in [-0.2, 0) is 0 Å². The van der Waals surface area contributed by atoms with Crippen molar-refractivity contribution in [2.45, 2.75) is 38.7 Å². The van der Waals surface area contributed by atoms with Gasteiger partial charge in [-0.05, 0) is 24.7 Å². The van der Waals surface area contributed by atoms with Gasteiger partial charge in [0.05, 0.1) is 6.10 Å². The number of nitrogens with two attached hydrogens (primary N) is 1. The molecule has 0 aromatic rings. The van der Waals surface area contributed by atoms with Crippen molar-refractivity contribution < 1.29 is 5.11 Å². The van der Waals surface area contributed by atoms with E-state index in [0.29, 0.717) is 12.5 Å². The summed E-state index contributed by atoms with van der Waals surface area (Å²) in [5.74, 6) is 1.34. The molecule has 0 saturated heterocycles. The Kier molecular flexibility index (Phi) is 3.34. The average molecular weight is 157 g/mol. The molecule has 1 atom stereocenters. The molecule has 0 aliphatic heterocycles. The maximum Gasteiger partial charge on any atom is 0.0690 e. The predicted octanol–water partition coefficient (Wildman–Crippen LogP) is 1.13. The number of hydrogen-bond acceptors (Lipinski definition) is 2. The van der Waals surface area contributed by atoms with E-state index in [1.165, 1.54) is 25.7 Å². The molecule has 0 aromatic heterocycles. The third-order valence-electron chi connectivity index (χ3n) is 2.85. The smallest absolute Gasteiger partial charge is 0.0690 e. The zero-order chi connectivity index (χ0) is 8.27. The van der Waals surface area contributed by atoms with Crippen LogP contribution in [0.3, 0.4) is 0 Å². The van der Waals surface area contributed by atoms with Gasteiger partial charge in [0.1, 0.15) is 0 Å². The summed E-state index contributed by atoms with van der Waals surface area (Å²) in [6.45, 7) is 2.71. The van der Waals surface area contributed by atoms with E-state index in [1.807, 2.05) is 0 Å². The zero-order valence-corrected chi connectivity index (χ0v) is 7.29. The van der Waals surface area contributed by atoms with Gasteiger partial charge in [-0.1, -0.05) is 19.8 Å². The van der Waals surface area contributed by atoms with Crippen molar-refractivity contribution in [2.75, 3.05) is 6.54 Å². The summed E-state index contributed by atoms with van der Waals surface area (Å²) in [7, 11) is 0. The highest BCUT2D eigenvalue weighted by Gasteiger charge is 2.23. The molecular weight excluding hydrogens is 138 g/mol. The molecule has 0 radical (unpaired) electrons. The molecular formula is C9H19NO. The van der Waals surface area contributed by atoms with Gasteiger partial charge in [-0.15, -0.1) is 0 Å². The molecule has 0 spiro atoms. The van der Waals surface area contributed by atoms with E-state index in [2.05, 4.69) is 6.92 Å². The lowest BCUT2D eigenvalue weighted by molar-refractivity contribution is 0.0826. The van der Waals surface area contributed by atoms with Crippen LogP contribution < -0.4 is 5.73 Å². The molecule has 1 unspecified atom stereocenters. The first-order chi connectivity index (χ1) is 5.24. The average Bonchev–Trinajstić information content (AvgIpc) is 2.05. The fourth-order valence-electron chi connectivity index (χ4n) is 1.86. The van der Waals surface area contributed by atoms with Crippen LogP contribution in [-0.4, -0.2) is 17.8 Å². The number of aliphatic hydroxyl groups excluding tert-OH is 1. The van der Waals surface area contributed by atoms with Crippen LogP contribution in [0.4, 0.5) is 0 Å². The Morgan fingerprint density at radius 1 is 1.36 bits per heavy atom. The van der Waals surface area contributed by atoms with E-state index in [-0.39, 0.29) is 6.10 Å². The molecule has 0 bridgehead atoms. The highest BCUT2D eigenvalue weighted by molar-refractivity contribution is 4.75. The van der Waals surface area contributed by atoms with Gasteiger partial charge in [0, 0.05) is 6.54 Å². The topological polar surface area (TPSA) is 46.2 Å². The van der Waals surface area contributed by atoms with Crippen LogP contribution in [0, 0.1) is 11.8 Å². The summed E-state index contributed by atoms with van der Waals surface area (Å²) < 4.78 is 0. The van der Waals surface area contributed by atoms with Crippen molar-refractivity contribution in [3.63, 3.8) is 0 Å². The third-order valence-corrected chi connectivity index (χ3v) is 2.85. The first-order valence-corrected chi connectivity index (χ1v) is 4.62. The first kappa shape index (κ1) is 9.01. The SMILES string of the molecule is CC1CCC(C(O)CN)CC1. The second kappa shape index (κ2) is 4.07. The quantitative estimate of drug-likeness (QED) is 0.631. The summed E-state index contributed by atoms with van der Waals surface area (Å²) >= 11 is 0. The fourth-order valence-corrected chi connectivity index (χ4v) is 1.86. The summed E-state index contributed by atoms with van der Waals surface area (Å²) in [5.41, 5.74) is 5.39. The Morgan fingerprint density at radius 2 is 1.91 bits per heavy atom. The number of hydrogen-bond donors (Lipinski definition) is 2. The lowest BCUT2D eigenvalue weighted by Crippen LogP contribution is -2.31. The van der Waals surface area contributed by atoms with Gasteiger partial charge in [0.15, 0.2) is 0 Å². The van der Waals surface area contributed by atoms with Crippen LogP contribution in [0.25, 0.3) is 0 Å². The molecule has 1 saturated carbocycles. The van der Waals surface area contributed by atoms with E-state index in [1.54, 1.807) is 0 Å². The molecule has 0 aromatic carbocycles. The molecule has 0 amide bonds. The molecule has 2 nitrogen and oxygen atoms in total. The van der Waals surface area contributed by atoms with Crippen LogP contribution in [0.2, 0.25) is 0 Å². The van der Waals surface area contributed by atoms with E-state index >= 15 is 0 Å². The maximum atomic E-state index is 9.44. The summed E-state index contributed by atoms with van der Waals surface area (Å²) in [5, 5.41) is 9.44. The van der Waals surface area contributed by atoms with E-state index in [4.69, 9.17) is 5.73 Å². The summed E-state index contributed by atoms with van der Waals surface area (Å²) in [4.78, 5) is 0. The highest BCUT2D eigenvalue weighted by atomic mass is 16.3. The van der Waals surface area contributed by atoms with Crippen LogP contribution in [0.1, 0.15) is 32.6 Å². The number of rotatable bonds is 2. The molecule has 1 aliphatic rings. The van der Waals surface area contributed by atoms with Crippen molar-refractivity contribution in [2.24, 2.45) is 17.6 Å². The first-order valence-electron chi connectivity index (χ1n) is 4.62. The largest absolute Gasteiger partial charge is 0.392 e. The van der Waals surface area contributed by atoms with Gasteiger partial charge in [-0.3, -0.25) is 0 Å². The van der Waals surface area contributed by atoms with Crippen molar-refractivity contribution in [3.05, 3.63) is 0 Å². The van der Waals surface area contributed by atoms with Gasteiger partial charge in [0.2, 0.25) is 0 Å². The van der Waals surface area contributed by atoms with Gasteiger partial charge >= 0.3 is 0 Å². The van der Waals surface area contributed by atoms with Gasteiger partial charge in [0.25, 0.3) is 0 Å². The Labute approximate surface area is 68.8 Å². The standard InChI is InChI=1S/C9H19NO/c1-7-2-4-8(5-3-7)9(11)6-10/h7-9,11H,2-6,10H2,1H3. The second-order valence-electron chi connectivity index (χ2n) is 3.82. The van der Waals surface area contributed by atoms with Crippen molar-refractivity contribution in [1.29, 1.82) is 0 Å². The number of aliphatic hydroxyl groups is 1. The minimum atomic E-state index is -0.248. The van der Waals surface area contributed by atoms with Crippen LogP contribution in [0.5, 0.6) is 0 Å². The van der Waals surface area contributed by atoms with Crippen molar-refractivity contribution in [1.82, 2.24) is 0 Å². The lowest BCUT2D eigenvalue weighted by atomic mass is 9.80. The van der Waals surface area contributed by atoms with Crippen molar-refractivity contribution >= 4 is 0 Å². The Balaban J connectivity index is 2.27. The predicted molar refractivity (Wildman–Crippen MR) is 46.2 cm³/mol. The van der Waals surface area contributed by atoms with Gasteiger partial charge in [-0.2, -0.15) is 0 Å². The van der Waals surface area contributed by atoms with Crippen molar-refractivity contribution in [3.8, 4) is 0 Å². The van der Waals surface area contributed by atoms with E-state index < -0.39 is 0 Å². The van der Waals surface area contributed by atoms with Crippen LogP contribution in [0.15, 0.2) is 0 Å². The van der Waals surface area contributed by atoms with E-state index in [0.717, 1.165) is 5.92 Å². The fraction of sp³-hybridized carbons (Fsp3) is 1.00. The third kappa shape index (κ3) is 2.46. The monoisotopic (exact) mass is 157 g/mol. The highest BCUT2D eigenvalue weighted by Crippen LogP contribution is 2.29. The molecule has 2 heteroatoms. The second-order valence-corrected chi connectivity index (χ2v) is 3.82. The Bertz CT molecular complexity index is 108.